The van der Waals surface area contributed by atoms with Crippen molar-refractivity contribution in [2.24, 2.45) is 0 Å². The van der Waals surface area contributed by atoms with Crippen molar-refractivity contribution in [1.82, 2.24) is 9.78 Å². The molecule has 1 aliphatic rings. The van der Waals surface area contributed by atoms with Crippen molar-refractivity contribution < 1.29 is 13.9 Å². The monoisotopic (exact) mass is 274 g/mol. The molecule has 0 spiro atoms. The predicted octanol–water partition coefficient (Wildman–Crippen LogP) is 3.06. The smallest absolute Gasteiger partial charge is 0.358 e. The van der Waals surface area contributed by atoms with E-state index < -0.39 is 12.1 Å². The van der Waals surface area contributed by atoms with Gasteiger partial charge in [0.1, 0.15) is 6.17 Å². The number of hydrogen-bond acceptors (Lipinski definition) is 3. The van der Waals surface area contributed by atoms with E-state index in [0.717, 1.165) is 5.56 Å². The van der Waals surface area contributed by atoms with Crippen molar-refractivity contribution in [2.45, 2.75) is 25.6 Å². The number of nitrogens with zero attached hydrogens (tertiary/aromatic N) is 2. The maximum absolute atomic E-state index is 14.1. The fraction of sp³-hybridized carbons (Fsp3) is 0.333. The topological polar surface area (TPSA) is 44.1 Å². The largest absolute Gasteiger partial charge is 0.461 e. The molecule has 0 amide bonds. The van der Waals surface area contributed by atoms with Gasteiger partial charge in [0.05, 0.1) is 18.3 Å². The van der Waals surface area contributed by atoms with Gasteiger partial charge in [0.2, 0.25) is 0 Å². The number of halogens is 1. The van der Waals surface area contributed by atoms with Crippen LogP contribution >= 0.6 is 0 Å². The Balaban J connectivity index is 1.96. The number of rotatable bonds is 3. The molecule has 5 heteroatoms. The Morgan fingerprint density at radius 3 is 2.90 bits per heavy atom. The predicted molar refractivity (Wildman–Crippen MR) is 71.2 cm³/mol. The van der Waals surface area contributed by atoms with Gasteiger partial charge < -0.3 is 4.74 Å². The normalized spacial score (nSPS) is 20.7. The molecule has 2 aromatic rings. The van der Waals surface area contributed by atoms with Crippen LogP contribution < -0.4 is 0 Å². The van der Waals surface area contributed by atoms with Crippen molar-refractivity contribution in [2.75, 3.05) is 6.61 Å². The molecule has 0 fully saturated rings. The minimum absolute atomic E-state index is 0.163. The maximum Gasteiger partial charge on any atom is 0.358 e. The van der Waals surface area contributed by atoms with Gasteiger partial charge >= 0.3 is 5.97 Å². The second-order valence-electron chi connectivity index (χ2n) is 4.75. The summed E-state index contributed by atoms with van der Waals surface area (Å²) in [6.07, 6.45) is -0.744. The molecule has 0 bridgehead atoms. The highest BCUT2D eigenvalue weighted by Crippen LogP contribution is 2.40. The Kier molecular flexibility index (Phi) is 3.26. The van der Waals surface area contributed by atoms with Crippen LogP contribution in [0.1, 0.15) is 47.3 Å². The molecule has 3 rings (SSSR count). The molecular weight excluding hydrogens is 259 g/mol. The van der Waals surface area contributed by atoms with E-state index in [1.807, 2.05) is 30.3 Å². The summed E-state index contributed by atoms with van der Waals surface area (Å²) in [6.45, 7) is 2.01. The van der Waals surface area contributed by atoms with E-state index >= 15 is 0 Å². The lowest BCUT2D eigenvalue weighted by atomic mass is 10.0. The molecule has 2 atom stereocenters. The summed E-state index contributed by atoms with van der Waals surface area (Å²) in [5.74, 6) is -0.506. The molecule has 0 aliphatic carbocycles. The first kappa shape index (κ1) is 12.8. The van der Waals surface area contributed by atoms with Crippen molar-refractivity contribution >= 4 is 5.97 Å². The Bertz CT molecular complexity index is 624. The standard InChI is InChI=1S/C15H15FN2O2/c1-2-20-15(19)12-9-14-11(16)8-13(18(14)17-12)10-6-4-3-5-7-10/h3-7,9,11,13H,2,8H2,1H3/t11-,13-/m1/s1. The Morgan fingerprint density at radius 1 is 1.45 bits per heavy atom. The number of carbonyl (C=O) groups excluding carboxylic acids is 1. The van der Waals surface area contributed by atoms with Crippen LogP contribution in [0, 0.1) is 0 Å². The fourth-order valence-corrected chi connectivity index (χ4v) is 2.57. The molecule has 1 aliphatic heterocycles. The average molecular weight is 274 g/mol. The first-order chi connectivity index (χ1) is 9.70. The van der Waals surface area contributed by atoms with Gasteiger partial charge in [0.15, 0.2) is 5.69 Å². The number of benzene rings is 1. The summed E-state index contributed by atoms with van der Waals surface area (Å²) >= 11 is 0. The van der Waals surface area contributed by atoms with Gasteiger partial charge in [0, 0.05) is 6.42 Å². The highest BCUT2D eigenvalue weighted by atomic mass is 19.1. The summed E-state index contributed by atoms with van der Waals surface area (Å²) in [4.78, 5) is 11.7. The molecule has 104 valence electrons. The summed E-state index contributed by atoms with van der Waals surface area (Å²) in [5, 5.41) is 4.22. The van der Waals surface area contributed by atoms with E-state index in [0.29, 0.717) is 12.1 Å². The van der Waals surface area contributed by atoms with E-state index in [1.165, 1.54) is 6.07 Å². The van der Waals surface area contributed by atoms with Crippen molar-refractivity contribution in [3.63, 3.8) is 0 Å². The van der Waals surface area contributed by atoms with Crippen LogP contribution in [0.25, 0.3) is 0 Å². The lowest BCUT2D eigenvalue weighted by Crippen LogP contribution is -2.11. The first-order valence-corrected chi connectivity index (χ1v) is 6.66. The number of alkyl halides is 1. The number of carbonyl (C=O) groups is 1. The van der Waals surface area contributed by atoms with Gasteiger partial charge in [-0.3, -0.25) is 4.68 Å². The third-order valence-electron chi connectivity index (χ3n) is 3.48. The zero-order valence-electron chi connectivity index (χ0n) is 11.1. The van der Waals surface area contributed by atoms with Crippen molar-refractivity contribution in [3.8, 4) is 0 Å². The third kappa shape index (κ3) is 2.09. The fourth-order valence-electron chi connectivity index (χ4n) is 2.57. The average Bonchev–Trinajstić information content (AvgIpc) is 3.01. The van der Waals surface area contributed by atoms with Crippen molar-refractivity contribution in [1.29, 1.82) is 0 Å². The summed E-state index contributed by atoms with van der Waals surface area (Å²) in [5.41, 5.74) is 1.61. The van der Waals surface area contributed by atoms with Gasteiger partial charge in [-0.15, -0.1) is 0 Å². The molecule has 0 unspecified atom stereocenters. The van der Waals surface area contributed by atoms with Gasteiger partial charge in [-0.05, 0) is 18.6 Å². The van der Waals surface area contributed by atoms with E-state index in [9.17, 15) is 9.18 Å². The van der Waals surface area contributed by atoms with Crippen LogP contribution in [0.15, 0.2) is 36.4 Å². The third-order valence-corrected chi connectivity index (χ3v) is 3.48. The Labute approximate surface area is 116 Å². The van der Waals surface area contributed by atoms with Gasteiger partial charge in [0.25, 0.3) is 0 Å². The highest BCUT2D eigenvalue weighted by Gasteiger charge is 2.34. The minimum Gasteiger partial charge on any atom is -0.461 e. The van der Waals surface area contributed by atoms with Crippen LogP contribution in [-0.4, -0.2) is 22.4 Å². The SMILES string of the molecule is CCOC(=O)c1cc2n(n1)[C@@H](c1ccccc1)C[C@H]2F. The highest BCUT2D eigenvalue weighted by molar-refractivity contribution is 5.87. The van der Waals surface area contributed by atoms with Crippen molar-refractivity contribution in [3.05, 3.63) is 53.3 Å². The quantitative estimate of drug-likeness (QED) is 0.808. The van der Waals surface area contributed by atoms with Gasteiger partial charge in [-0.25, -0.2) is 9.18 Å². The summed E-state index contributed by atoms with van der Waals surface area (Å²) in [7, 11) is 0. The van der Waals surface area contributed by atoms with Crippen LogP contribution in [0.3, 0.4) is 0 Å². The lowest BCUT2D eigenvalue weighted by Gasteiger charge is -2.11. The molecule has 0 N–H and O–H groups in total. The summed E-state index contributed by atoms with van der Waals surface area (Å²) in [6, 6.07) is 11.0. The molecule has 0 saturated heterocycles. The van der Waals surface area contributed by atoms with Crippen LogP contribution in [0.5, 0.6) is 0 Å². The Hall–Kier alpha value is -2.17. The maximum atomic E-state index is 14.1. The molecule has 0 saturated carbocycles. The zero-order valence-corrected chi connectivity index (χ0v) is 11.1. The van der Waals surface area contributed by atoms with Gasteiger partial charge in [-0.2, -0.15) is 5.10 Å². The van der Waals surface area contributed by atoms with E-state index in [4.69, 9.17) is 4.74 Å². The minimum atomic E-state index is -1.10. The lowest BCUT2D eigenvalue weighted by molar-refractivity contribution is 0.0518. The number of aromatic nitrogens is 2. The first-order valence-electron chi connectivity index (χ1n) is 6.66. The van der Waals surface area contributed by atoms with Crippen LogP contribution in [0.4, 0.5) is 4.39 Å². The molecule has 1 aromatic heterocycles. The molecule has 1 aromatic carbocycles. The second kappa shape index (κ2) is 5.07. The van der Waals surface area contributed by atoms with Gasteiger partial charge in [-0.1, -0.05) is 30.3 Å². The second-order valence-corrected chi connectivity index (χ2v) is 4.75. The Morgan fingerprint density at radius 2 is 2.20 bits per heavy atom. The van der Waals surface area contributed by atoms with E-state index in [-0.39, 0.29) is 18.3 Å². The molecule has 20 heavy (non-hydrogen) atoms. The number of fused-ring (bicyclic) bond motifs is 1. The number of hydrogen-bond donors (Lipinski definition) is 0. The molecule has 4 nitrogen and oxygen atoms in total. The van der Waals surface area contributed by atoms with Crippen LogP contribution in [-0.2, 0) is 4.74 Å². The number of ether oxygens (including phenoxy) is 1. The van der Waals surface area contributed by atoms with E-state index in [1.54, 1.807) is 11.6 Å². The van der Waals surface area contributed by atoms with E-state index in [2.05, 4.69) is 5.10 Å². The number of esters is 1. The molecule has 0 radical (unpaired) electrons. The van der Waals surface area contributed by atoms with Crippen LogP contribution in [0.2, 0.25) is 0 Å². The molecular formula is C15H15FN2O2. The molecule has 2 heterocycles. The summed E-state index contributed by atoms with van der Waals surface area (Å²) < 4.78 is 20.6. The zero-order chi connectivity index (χ0) is 14.1.